The number of fused-ring (bicyclic) bond motifs is 1. The SMILES string of the molecule is O=C(O)[C@@H]1CN(C(=O)Cc2[nH]nc3ccccc23)CCO1. The summed E-state index contributed by atoms with van der Waals surface area (Å²) in [5.74, 6) is -1.17. The Hall–Kier alpha value is -2.41. The van der Waals surface area contributed by atoms with Gasteiger partial charge in [-0.3, -0.25) is 9.89 Å². The van der Waals surface area contributed by atoms with Crippen molar-refractivity contribution in [3.63, 3.8) is 0 Å². The maximum atomic E-state index is 12.3. The van der Waals surface area contributed by atoms with Crippen molar-refractivity contribution in [1.29, 1.82) is 0 Å². The fourth-order valence-electron chi connectivity index (χ4n) is 2.44. The van der Waals surface area contributed by atoms with Crippen molar-refractivity contribution in [3.05, 3.63) is 30.0 Å². The van der Waals surface area contributed by atoms with Crippen molar-refractivity contribution < 1.29 is 19.4 Å². The van der Waals surface area contributed by atoms with E-state index in [9.17, 15) is 9.59 Å². The van der Waals surface area contributed by atoms with E-state index in [1.807, 2.05) is 24.3 Å². The number of ether oxygens (including phenoxy) is 1. The number of carbonyl (C=O) groups excluding carboxylic acids is 1. The molecule has 1 amide bonds. The Morgan fingerprint density at radius 3 is 3.05 bits per heavy atom. The van der Waals surface area contributed by atoms with Crippen LogP contribution in [0.2, 0.25) is 0 Å². The molecule has 3 rings (SSSR count). The summed E-state index contributed by atoms with van der Waals surface area (Å²) in [6.07, 6.45) is -0.770. The fraction of sp³-hybridized carbons (Fsp3) is 0.357. The van der Waals surface area contributed by atoms with E-state index < -0.39 is 12.1 Å². The molecule has 21 heavy (non-hydrogen) atoms. The number of aromatic nitrogens is 2. The molecule has 2 N–H and O–H groups in total. The number of hydrogen-bond donors (Lipinski definition) is 2. The standard InChI is InChI=1S/C14H15N3O4/c18-13(17-5-6-21-12(8-17)14(19)20)7-11-9-3-1-2-4-10(9)15-16-11/h1-4,12H,5-8H2,(H,15,16)(H,19,20)/t12-/m0/s1. The van der Waals surface area contributed by atoms with Gasteiger partial charge in [0.05, 0.1) is 30.8 Å². The number of carbonyl (C=O) groups is 2. The van der Waals surface area contributed by atoms with Gasteiger partial charge >= 0.3 is 5.97 Å². The van der Waals surface area contributed by atoms with Crippen LogP contribution in [-0.4, -0.2) is 57.9 Å². The molecule has 0 saturated carbocycles. The number of aliphatic carboxylic acids is 1. The summed E-state index contributed by atoms with van der Waals surface area (Å²) in [5, 5.41) is 16.9. The highest BCUT2D eigenvalue weighted by Gasteiger charge is 2.29. The van der Waals surface area contributed by atoms with Crippen molar-refractivity contribution in [2.45, 2.75) is 12.5 Å². The van der Waals surface area contributed by atoms with Gasteiger partial charge in [-0.15, -0.1) is 0 Å². The molecule has 1 fully saturated rings. The van der Waals surface area contributed by atoms with Crippen molar-refractivity contribution in [2.75, 3.05) is 19.7 Å². The summed E-state index contributed by atoms with van der Waals surface area (Å²) in [4.78, 5) is 24.8. The van der Waals surface area contributed by atoms with Gasteiger partial charge in [0.1, 0.15) is 0 Å². The molecular formula is C14H15N3O4. The molecule has 0 bridgehead atoms. The predicted octanol–water partition coefficient (Wildman–Crippen LogP) is 0.417. The smallest absolute Gasteiger partial charge is 0.334 e. The van der Waals surface area contributed by atoms with Crippen LogP contribution >= 0.6 is 0 Å². The fourth-order valence-corrected chi connectivity index (χ4v) is 2.44. The van der Waals surface area contributed by atoms with Crippen LogP contribution in [0.4, 0.5) is 0 Å². The minimum absolute atomic E-state index is 0.0836. The second-order valence-corrected chi connectivity index (χ2v) is 4.93. The van der Waals surface area contributed by atoms with Gasteiger partial charge in [0.25, 0.3) is 0 Å². The molecular weight excluding hydrogens is 274 g/mol. The first-order chi connectivity index (χ1) is 10.1. The van der Waals surface area contributed by atoms with E-state index in [2.05, 4.69) is 10.2 Å². The number of nitrogens with one attached hydrogen (secondary N) is 1. The van der Waals surface area contributed by atoms with Crippen LogP contribution in [0, 0.1) is 0 Å². The van der Waals surface area contributed by atoms with Crippen LogP contribution in [0.3, 0.4) is 0 Å². The van der Waals surface area contributed by atoms with Gasteiger partial charge in [0, 0.05) is 11.9 Å². The molecule has 1 aliphatic heterocycles. The Morgan fingerprint density at radius 1 is 1.43 bits per heavy atom. The van der Waals surface area contributed by atoms with E-state index >= 15 is 0 Å². The minimum Gasteiger partial charge on any atom is -0.479 e. The molecule has 0 spiro atoms. The van der Waals surface area contributed by atoms with Crippen molar-refractivity contribution in [1.82, 2.24) is 15.1 Å². The lowest BCUT2D eigenvalue weighted by molar-refractivity contribution is -0.159. The number of nitrogens with zero attached hydrogens (tertiary/aromatic N) is 2. The first-order valence-corrected chi connectivity index (χ1v) is 6.69. The Kier molecular flexibility index (Phi) is 3.57. The summed E-state index contributed by atoms with van der Waals surface area (Å²) < 4.78 is 5.11. The lowest BCUT2D eigenvalue weighted by Crippen LogP contribution is -2.49. The normalized spacial score (nSPS) is 18.9. The largest absolute Gasteiger partial charge is 0.479 e. The highest BCUT2D eigenvalue weighted by molar-refractivity contribution is 5.87. The third-order valence-electron chi connectivity index (χ3n) is 3.56. The molecule has 0 unspecified atom stereocenters. The number of carboxylic acids is 1. The van der Waals surface area contributed by atoms with Crippen LogP contribution in [0.1, 0.15) is 5.69 Å². The van der Waals surface area contributed by atoms with Gasteiger partial charge in [-0.05, 0) is 6.07 Å². The van der Waals surface area contributed by atoms with E-state index in [0.717, 1.165) is 16.6 Å². The predicted molar refractivity (Wildman–Crippen MR) is 73.8 cm³/mol. The topological polar surface area (TPSA) is 95.5 Å². The van der Waals surface area contributed by atoms with Gasteiger partial charge in [0.2, 0.25) is 5.91 Å². The third kappa shape index (κ3) is 2.73. The molecule has 110 valence electrons. The zero-order valence-corrected chi connectivity index (χ0v) is 11.3. The van der Waals surface area contributed by atoms with E-state index in [-0.39, 0.29) is 25.5 Å². The number of hydrogen-bond acceptors (Lipinski definition) is 4. The number of H-pyrrole nitrogens is 1. The molecule has 1 aromatic heterocycles. The van der Waals surface area contributed by atoms with Crippen LogP contribution in [0.25, 0.3) is 10.9 Å². The van der Waals surface area contributed by atoms with E-state index in [1.165, 1.54) is 4.90 Å². The monoisotopic (exact) mass is 289 g/mol. The quantitative estimate of drug-likeness (QED) is 0.853. The molecule has 2 aromatic rings. The van der Waals surface area contributed by atoms with Crippen LogP contribution in [0.15, 0.2) is 24.3 Å². The molecule has 1 atom stereocenters. The number of benzene rings is 1. The average molecular weight is 289 g/mol. The zero-order chi connectivity index (χ0) is 14.8. The molecule has 1 saturated heterocycles. The second-order valence-electron chi connectivity index (χ2n) is 4.93. The summed E-state index contributed by atoms with van der Waals surface area (Å²) in [6, 6.07) is 7.55. The molecule has 0 radical (unpaired) electrons. The molecule has 7 heteroatoms. The lowest BCUT2D eigenvalue weighted by Gasteiger charge is -2.30. The Morgan fingerprint density at radius 2 is 2.24 bits per heavy atom. The highest BCUT2D eigenvalue weighted by atomic mass is 16.5. The van der Waals surface area contributed by atoms with Crippen LogP contribution < -0.4 is 0 Å². The van der Waals surface area contributed by atoms with Gasteiger partial charge in [-0.1, -0.05) is 18.2 Å². The average Bonchev–Trinajstić information content (AvgIpc) is 2.91. The molecule has 0 aliphatic carbocycles. The molecule has 1 aliphatic rings. The van der Waals surface area contributed by atoms with Crippen molar-refractivity contribution in [2.24, 2.45) is 0 Å². The summed E-state index contributed by atoms with van der Waals surface area (Å²) in [7, 11) is 0. The lowest BCUT2D eigenvalue weighted by atomic mass is 10.1. The van der Waals surface area contributed by atoms with Crippen LogP contribution in [0.5, 0.6) is 0 Å². The Balaban J connectivity index is 1.72. The summed E-state index contributed by atoms with van der Waals surface area (Å²) in [6.45, 7) is 0.737. The maximum Gasteiger partial charge on any atom is 0.334 e. The van der Waals surface area contributed by atoms with E-state index in [0.29, 0.717) is 6.54 Å². The number of amides is 1. The zero-order valence-electron chi connectivity index (χ0n) is 11.3. The molecule has 1 aromatic carbocycles. The number of para-hydroxylation sites is 1. The maximum absolute atomic E-state index is 12.3. The number of carboxylic acid groups (broad SMARTS) is 1. The highest BCUT2D eigenvalue weighted by Crippen LogP contribution is 2.17. The minimum atomic E-state index is -1.04. The van der Waals surface area contributed by atoms with E-state index in [4.69, 9.17) is 9.84 Å². The number of rotatable bonds is 3. The second kappa shape index (κ2) is 5.53. The Labute approximate surface area is 120 Å². The summed E-state index contributed by atoms with van der Waals surface area (Å²) in [5.41, 5.74) is 1.56. The first-order valence-electron chi connectivity index (χ1n) is 6.69. The summed E-state index contributed by atoms with van der Waals surface area (Å²) >= 11 is 0. The van der Waals surface area contributed by atoms with Gasteiger partial charge in [-0.2, -0.15) is 5.10 Å². The van der Waals surface area contributed by atoms with Crippen LogP contribution in [-0.2, 0) is 20.7 Å². The van der Waals surface area contributed by atoms with E-state index in [1.54, 1.807) is 0 Å². The third-order valence-corrected chi connectivity index (χ3v) is 3.56. The first kappa shape index (κ1) is 13.6. The molecule has 2 heterocycles. The molecule has 7 nitrogen and oxygen atoms in total. The van der Waals surface area contributed by atoms with Gasteiger partial charge in [0.15, 0.2) is 6.10 Å². The van der Waals surface area contributed by atoms with Crippen molar-refractivity contribution in [3.8, 4) is 0 Å². The number of aromatic amines is 1. The van der Waals surface area contributed by atoms with Gasteiger partial charge in [-0.25, -0.2) is 4.79 Å². The van der Waals surface area contributed by atoms with Crippen molar-refractivity contribution >= 4 is 22.8 Å². The number of morpholine rings is 1. The Bertz CT molecular complexity index is 682. The van der Waals surface area contributed by atoms with Gasteiger partial charge < -0.3 is 14.7 Å².